The van der Waals surface area contributed by atoms with Gasteiger partial charge in [0, 0.05) is 70.2 Å². The van der Waals surface area contributed by atoms with Gasteiger partial charge in [-0.2, -0.15) is 0 Å². The molecule has 4 heterocycles. The third-order valence-electron chi connectivity index (χ3n) is 21.4. The van der Waals surface area contributed by atoms with Crippen LogP contribution in [0.2, 0.25) is 0 Å². The Balaban J connectivity index is 0.000000353. The van der Waals surface area contributed by atoms with Crippen LogP contribution in [0.4, 0.5) is 14.4 Å². The van der Waals surface area contributed by atoms with Crippen molar-refractivity contribution in [1.29, 1.82) is 0 Å². The molecule has 8 rings (SSSR count). The minimum Gasteiger partial charge on any atom is -0.480 e. The highest BCUT2D eigenvalue weighted by Crippen LogP contribution is 2.31. The molecule has 2 fully saturated rings. The zero-order chi connectivity index (χ0) is 88.5. The van der Waals surface area contributed by atoms with E-state index in [4.69, 9.17) is 30.4 Å². The van der Waals surface area contributed by atoms with Gasteiger partial charge >= 0.3 is 30.2 Å². The Hall–Kier alpha value is -10.3. The maximum absolute atomic E-state index is 14.7. The minimum absolute atomic E-state index is 0.00698. The van der Waals surface area contributed by atoms with E-state index in [0.29, 0.717) is 58.0 Å². The molecule has 120 heavy (non-hydrogen) atoms. The number of Topliss-reactive ketones (excluding diaryl/α,β-unsaturated/α-hetero) is 2. The zero-order valence-electron chi connectivity index (χ0n) is 72.5. The number of carbonyl (C=O) groups excluding carboxylic acids is 12. The number of benzene rings is 4. The predicted octanol–water partition coefficient (Wildman–Crippen LogP) is 8.22. The average molecular weight is 1670 g/mol. The number of rotatable bonds is 36. The van der Waals surface area contributed by atoms with Crippen molar-refractivity contribution in [1.82, 2.24) is 51.9 Å². The van der Waals surface area contributed by atoms with Crippen LogP contribution in [-0.2, 0) is 106 Å². The predicted molar refractivity (Wildman–Crippen MR) is 452 cm³/mol. The molecule has 0 spiro atoms. The quantitative estimate of drug-likeness (QED) is 0.0116. The Labute approximate surface area is 706 Å². The molecule has 0 saturated carbocycles. The van der Waals surface area contributed by atoms with Crippen LogP contribution in [0.1, 0.15) is 200 Å². The number of carboxylic acid groups (broad SMARTS) is 1. The average Bonchev–Trinajstić information content (AvgIpc) is 1.69. The summed E-state index contributed by atoms with van der Waals surface area (Å²) in [5, 5.41) is 30.0. The topological polar surface area (TPSA) is 425 Å². The van der Waals surface area contributed by atoms with Gasteiger partial charge in [-0.25, -0.2) is 19.2 Å². The largest absolute Gasteiger partial charge is 0.480 e. The van der Waals surface area contributed by atoms with Crippen molar-refractivity contribution in [3.63, 3.8) is 0 Å². The maximum Gasteiger partial charge on any atom is 0.411 e. The lowest BCUT2D eigenvalue weighted by Crippen LogP contribution is -2.59. The Morgan fingerprint density at radius 1 is 0.542 bits per heavy atom. The number of ether oxygens (including phenoxy) is 4. The van der Waals surface area contributed by atoms with Gasteiger partial charge in [-0.3, -0.25) is 48.1 Å². The first-order valence-electron chi connectivity index (χ1n) is 42.1. The van der Waals surface area contributed by atoms with E-state index in [1.54, 1.807) is 62.3 Å². The molecule has 4 aliphatic heterocycles. The number of methoxy groups -OCH3 is 1. The number of carbonyl (C=O) groups is 13. The number of aliphatic carboxylic acids is 1. The smallest absolute Gasteiger partial charge is 0.411 e. The van der Waals surface area contributed by atoms with E-state index in [9.17, 15) is 67.4 Å². The molecule has 2 saturated heterocycles. The van der Waals surface area contributed by atoms with Crippen LogP contribution in [0.15, 0.2) is 109 Å². The highest BCUT2D eigenvalue weighted by Gasteiger charge is 2.51. The van der Waals surface area contributed by atoms with Crippen molar-refractivity contribution in [2.45, 2.75) is 270 Å². The highest BCUT2D eigenvalue weighted by atomic mass is 16.6. The molecule has 4 aromatic carbocycles. The molecule has 9 amide bonds. The lowest BCUT2D eigenvalue weighted by molar-refractivity contribution is -0.148. The number of esters is 1. The molecule has 0 bridgehead atoms. The fraction of sp³-hybridized carbons (Fsp3) is 0.589. The summed E-state index contributed by atoms with van der Waals surface area (Å²) in [5.41, 5.74) is 11.8. The SMILES string of the molecule is CC(C)C[C@@H](CC(=O)[C@@H](Cc1ccccc1)NC(=O)[C@H]1Cc2ccccc2CN1)C(=O)N[C@H](CCCCN)C(=O)N1CCC(N)(C(=O)O)C1.COC(=O)C1(NC(=O)OC(C)(C)C)CCN(C(=O)[C@@H](CCCCNC(=O)OC(C)(C)C)NC(=O)[C@H](CC(=O)[C@@H](Cc2ccccc2)NC(=O)[C@H]2Cc3ccccc3CN2C(=O)OC(C)(C)C)CC(C)C)C1. The van der Waals surface area contributed by atoms with E-state index < -0.39 is 142 Å². The van der Waals surface area contributed by atoms with Crippen molar-refractivity contribution < 1.29 is 86.4 Å². The van der Waals surface area contributed by atoms with Crippen LogP contribution in [0.3, 0.4) is 0 Å². The van der Waals surface area contributed by atoms with Crippen LogP contribution in [0.5, 0.6) is 0 Å². The van der Waals surface area contributed by atoms with Crippen LogP contribution in [0, 0.1) is 23.7 Å². The number of nitrogens with zero attached hydrogens (tertiary/aromatic N) is 3. The maximum atomic E-state index is 14.7. The number of amides is 9. The standard InChI is InChI=1S/C53H78N6O12.C37H52N6O6/c1-34(2)28-38(31-42(60)40(29-35-20-14-13-15-21-35)56-44(62)41-30-36-22-16-17-23-37(36)32-59(41)49(67)71-52(9,10)11)43(61)55-39(24-18-19-26-54-47(65)69-50(3,4)5)45(63)58-27-25-53(33-58,46(64)68-12)57-48(66)70-51(6,7)8;1-24(2)18-28(33(45)41-29(14-8-9-16-38)35(47)43-17-15-37(39,23-43)36(48)49)21-32(44)30(19-25-10-4-3-5-11-25)42-34(46)31-20-26-12-6-7-13-27(26)22-40-31/h13-17,20-23,34,38-41H,18-19,24-33H2,1-12H3,(H,54,65)(H,55,61)(H,56,62)(H,57,66);3-7,10-13,24,28-31,40H,8-9,14-23,38-39H2,1-2H3,(H,41,45)(H,42,46)(H,48,49)/t38-,39+,40+,41+,53?;28-,29+,30+,31+,37?/m00/s1. The normalized spacial score (nSPS) is 19.2. The van der Waals surface area contributed by atoms with Crippen molar-refractivity contribution in [3.05, 3.63) is 143 Å². The number of likely N-dealkylation sites (tertiary alicyclic amines) is 2. The number of carboxylic acids is 1. The zero-order valence-corrected chi connectivity index (χ0v) is 72.5. The molecule has 4 aromatic rings. The van der Waals surface area contributed by atoms with Gasteiger partial charge in [0.1, 0.15) is 40.5 Å². The Kier molecular flexibility index (Phi) is 35.7. The number of hydrogen-bond acceptors (Lipinski definition) is 20. The lowest BCUT2D eigenvalue weighted by atomic mass is 9.87. The first-order chi connectivity index (χ1) is 56.5. The number of ketones is 2. The Morgan fingerprint density at radius 3 is 1.48 bits per heavy atom. The Morgan fingerprint density at radius 2 is 1.00 bits per heavy atom. The van der Waals surface area contributed by atoms with E-state index >= 15 is 0 Å². The first kappa shape index (κ1) is 96.8. The van der Waals surface area contributed by atoms with Gasteiger partial charge < -0.3 is 82.5 Å². The summed E-state index contributed by atoms with van der Waals surface area (Å²) in [6.45, 7) is 24.4. The number of unbranched alkanes of at least 4 members (excludes halogenated alkanes) is 2. The third-order valence-corrected chi connectivity index (χ3v) is 21.4. The van der Waals surface area contributed by atoms with Crippen LogP contribution in [0.25, 0.3) is 0 Å². The summed E-state index contributed by atoms with van der Waals surface area (Å²) < 4.78 is 21.6. The molecular weight excluding hydrogens is 1540 g/mol. The van der Waals surface area contributed by atoms with Gasteiger partial charge in [-0.15, -0.1) is 0 Å². The molecule has 2 unspecified atom stereocenters. The van der Waals surface area contributed by atoms with Crippen molar-refractivity contribution >= 4 is 77.2 Å². The number of fused-ring (bicyclic) bond motifs is 2. The molecule has 10 atom stereocenters. The molecule has 4 aliphatic rings. The van der Waals surface area contributed by atoms with E-state index in [1.807, 2.05) is 137 Å². The minimum atomic E-state index is -1.63. The van der Waals surface area contributed by atoms with Crippen LogP contribution in [-0.4, -0.2) is 208 Å². The summed E-state index contributed by atoms with van der Waals surface area (Å²) in [6, 6.07) is 28.5. The van der Waals surface area contributed by atoms with E-state index in [0.717, 1.165) is 33.4 Å². The van der Waals surface area contributed by atoms with E-state index in [2.05, 4.69) is 37.2 Å². The molecule has 0 aromatic heterocycles. The number of alkyl carbamates (subject to hydrolysis) is 2. The fourth-order valence-corrected chi connectivity index (χ4v) is 15.3. The van der Waals surface area contributed by atoms with Gasteiger partial charge in [-0.1, -0.05) is 137 Å². The molecule has 658 valence electrons. The molecule has 0 radical (unpaired) electrons. The van der Waals surface area contributed by atoms with Crippen LogP contribution >= 0.6 is 0 Å². The van der Waals surface area contributed by atoms with E-state index in [-0.39, 0.29) is 121 Å². The molecule has 30 heteroatoms. The monoisotopic (exact) mass is 1670 g/mol. The first-order valence-corrected chi connectivity index (χ1v) is 42.1. The third kappa shape index (κ3) is 30.1. The molecule has 30 nitrogen and oxygen atoms in total. The van der Waals surface area contributed by atoms with E-state index in [1.165, 1.54) is 21.8 Å². The lowest BCUT2D eigenvalue weighted by Gasteiger charge is -2.37. The summed E-state index contributed by atoms with van der Waals surface area (Å²) in [7, 11) is 1.18. The van der Waals surface area contributed by atoms with Gasteiger partial charge in [-0.05, 0) is 191 Å². The second kappa shape index (κ2) is 44.3. The van der Waals surface area contributed by atoms with Crippen LogP contribution < -0.4 is 48.7 Å². The highest BCUT2D eigenvalue weighted by molar-refractivity contribution is 5.98. The number of nitrogens with two attached hydrogens (primary N) is 2. The van der Waals surface area contributed by atoms with Crippen molar-refractivity contribution in [2.75, 3.05) is 46.4 Å². The second-order valence-electron chi connectivity index (χ2n) is 36.0. The Bertz CT molecular complexity index is 4180. The molecule has 12 N–H and O–H groups in total. The number of hydrogen-bond donors (Lipinski definition) is 10. The summed E-state index contributed by atoms with van der Waals surface area (Å²) in [6.07, 6.45) is 1.71. The van der Waals surface area contributed by atoms with Crippen molar-refractivity contribution in [2.24, 2.45) is 35.1 Å². The summed E-state index contributed by atoms with van der Waals surface area (Å²) in [4.78, 5) is 182. The van der Waals surface area contributed by atoms with Crippen molar-refractivity contribution in [3.8, 4) is 0 Å². The van der Waals surface area contributed by atoms with Gasteiger partial charge in [0.05, 0.1) is 38.3 Å². The second-order valence-corrected chi connectivity index (χ2v) is 36.0. The summed E-state index contributed by atoms with van der Waals surface area (Å²) >= 11 is 0. The fourth-order valence-electron chi connectivity index (χ4n) is 15.3. The number of nitrogens with one attached hydrogen (secondary N) is 7. The van der Waals surface area contributed by atoms with Gasteiger partial charge in [0.25, 0.3) is 0 Å². The van der Waals surface area contributed by atoms with Gasteiger partial charge in [0.2, 0.25) is 35.4 Å². The molecule has 0 aliphatic carbocycles. The molecular formula is C90H130N12O18. The summed E-state index contributed by atoms with van der Waals surface area (Å²) in [5.74, 6) is -7.08. The van der Waals surface area contributed by atoms with Gasteiger partial charge in [0.15, 0.2) is 17.1 Å².